The summed E-state index contributed by atoms with van der Waals surface area (Å²) in [5.41, 5.74) is 1.34. The van der Waals surface area contributed by atoms with Gasteiger partial charge < -0.3 is 9.84 Å². The predicted octanol–water partition coefficient (Wildman–Crippen LogP) is 4.39. The number of nitrogens with zero attached hydrogens (tertiary/aromatic N) is 3. The fourth-order valence-corrected chi connectivity index (χ4v) is 5.66. The number of carboxylic acid groups (broad SMARTS) is 1. The summed E-state index contributed by atoms with van der Waals surface area (Å²) in [4.78, 5) is 11.0. The van der Waals surface area contributed by atoms with Gasteiger partial charge in [0, 0.05) is 18.3 Å². The van der Waals surface area contributed by atoms with Crippen molar-refractivity contribution in [3.8, 4) is 11.5 Å². The van der Waals surface area contributed by atoms with Crippen LogP contribution in [0.15, 0.2) is 47.5 Å². The van der Waals surface area contributed by atoms with E-state index >= 15 is 0 Å². The first-order valence-electron chi connectivity index (χ1n) is 10.3. The Morgan fingerprint density at radius 3 is 2.65 bits per heavy atom. The Kier molecular flexibility index (Phi) is 6.61. The Morgan fingerprint density at radius 1 is 1.29 bits per heavy atom. The highest BCUT2D eigenvalue weighted by Crippen LogP contribution is 2.38. The summed E-state index contributed by atoms with van der Waals surface area (Å²) in [5.74, 6) is -3.65. The predicted molar refractivity (Wildman–Crippen MR) is 118 cm³/mol. The lowest BCUT2D eigenvalue weighted by atomic mass is 9.93. The van der Waals surface area contributed by atoms with E-state index in [0.717, 1.165) is 18.2 Å². The van der Waals surface area contributed by atoms with Crippen molar-refractivity contribution in [2.24, 2.45) is 0 Å². The fraction of sp³-hybridized carbons (Fsp3) is 0.273. The van der Waals surface area contributed by atoms with Gasteiger partial charge >= 0.3 is 5.97 Å². The quantitative estimate of drug-likeness (QED) is 0.505. The molecule has 0 saturated heterocycles. The van der Waals surface area contributed by atoms with Gasteiger partial charge in [-0.1, -0.05) is 17.7 Å². The van der Waals surface area contributed by atoms with Crippen molar-refractivity contribution in [1.29, 1.82) is 0 Å². The van der Waals surface area contributed by atoms with E-state index in [-0.39, 0.29) is 22.2 Å². The summed E-state index contributed by atoms with van der Waals surface area (Å²) in [7, 11) is -2.60. The zero-order chi connectivity index (χ0) is 24.6. The number of aliphatic carboxylic acids is 1. The third-order valence-corrected chi connectivity index (χ3v) is 7.82. The van der Waals surface area contributed by atoms with Gasteiger partial charge in [-0.2, -0.15) is 9.40 Å². The molecule has 1 aliphatic rings. The number of halogens is 3. The van der Waals surface area contributed by atoms with Gasteiger partial charge in [0.05, 0.1) is 22.2 Å². The van der Waals surface area contributed by atoms with E-state index in [2.05, 4.69) is 5.10 Å². The number of aromatic nitrogens is 2. The first-order valence-corrected chi connectivity index (χ1v) is 12.1. The van der Waals surface area contributed by atoms with Crippen LogP contribution in [0.3, 0.4) is 0 Å². The number of benzene rings is 2. The molecule has 1 unspecified atom stereocenters. The maximum Gasteiger partial charge on any atom is 0.325 e. The van der Waals surface area contributed by atoms with Crippen molar-refractivity contribution in [1.82, 2.24) is 14.1 Å². The molecular weight excluding hydrogens is 492 g/mol. The third kappa shape index (κ3) is 4.50. The number of hydrogen-bond donors (Lipinski definition) is 1. The number of fused-ring (bicyclic) bond motifs is 1. The van der Waals surface area contributed by atoms with Crippen LogP contribution in [0.5, 0.6) is 11.5 Å². The maximum atomic E-state index is 13.9. The highest BCUT2D eigenvalue weighted by atomic mass is 35.5. The Hall–Kier alpha value is -3.02. The lowest BCUT2D eigenvalue weighted by Gasteiger charge is -2.31. The number of sulfonamides is 1. The molecule has 0 spiro atoms. The lowest BCUT2D eigenvalue weighted by Crippen LogP contribution is -2.33. The number of hydrogen-bond acceptors (Lipinski definition) is 5. The molecule has 12 heteroatoms. The molecule has 1 N–H and O–H groups in total. The Labute approximate surface area is 199 Å². The summed E-state index contributed by atoms with van der Waals surface area (Å²) in [6.07, 6.45) is 3.28. The third-order valence-electron chi connectivity index (χ3n) is 5.67. The van der Waals surface area contributed by atoms with Crippen LogP contribution in [0.1, 0.15) is 30.1 Å². The molecule has 2 aromatic carbocycles. The first kappa shape index (κ1) is 24.1. The molecule has 1 aromatic heterocycles. The minimum absolute atomic E-state index is 0.109. The monoisotopic (exact) mass is 511 g/mol. The van der Waals surface area contributed by atoms with Crippen molar-refractivity contribution in [3.05, 3.63) is 70.5 Å². The van der Waals surface area contributed by atoms with Gasteiger partial charge in [-0.25, -0.2) is 17.2 Å². The minimum atomic E-state index is -4.03. The van der Waals surface area contributed by atoms with Crippen LogP contribution < -0.4 is 4.74 Å². The average Bonchev–Trinajstić information content (AvgIpc) is 3.19. The SMILES string of the molecule is CN(C1CCCc2c1cnn2CC(=O)O)S(=O)(=O)c1ccc(Oc2c(F)cccc2F)c(Cl)c1. The van der Waals surface area contributed by atoms with E-state index in [1.165, 1.54) is 40.4 Å². The molecule has 4 rings (SSSR count). The maximum absolute atomic E-state index is 13.9. The molecule has 0 saturated carbocycles. The van der Waals surface area contributed by atoms with Crippen LogP contribution in [0.4, 0.5) is 8.78 Å². The van der Waals surface area contributed by atoms with Crippen molar-refractivity contribution in [3.63, 3.8) is 0 Å². The molecule has 0 bridgehead atoms. The number of rotatable bonds is 7. The van der Waals surface area contributed by atoms with E-state index in [9.17, 15) is 22.0 Å². The molecule has 0 aliphatic heterocycles. The topological polar surface area (TPSA) is 102 Å². The minimum Gasteiger partial charge on any atom is -0.480 e. The Balaban J connectivity index is 1.61. The van der Waals surface area contributed by atoms with Gasteiger partial charge in [0.15, 0.2) is 17.4 Å². The van der Waals surface area contributed by atoms with Gasteiger partial charge in [-0.05, 0) is 49.6 Å². The zero-order valence-corrected chi connectivity index (χ0v) is 19.5. The van der Waals surface area contributed by atoms with Gasteiger partial charge in [-0.3, -0.25) is 9.48 Å². The number of carbonyl (C=O) groups is 1. The molecule has 0 amide bonds. The van der Waals surface area contributed by atoms with E-state index in [1.807, 2.05) is 0 Å². The molecule has 1 aliphatic carbocycles. The molecule has 1 atom stereocenters. The summed E-state index contributed by atoms with van der Waals surface area (Å²) in [5, 5.41) is 13.1. The van der Waals surface area contributed by atoms with Gasteiger partial charge in [0.1, 0.15) is 12.3 Å². The van der Waals surface area contributed by atoms with Crippen LogP contribution in [0.25, 0.3) is 0 Å². The summed E-state index contributed by atoms with van der Waals surface area (Å²) in [6, 6.07) is 6.31. The van der Waals surface area contributed by atoms with Crippen molar-refractivity contribution in [2.45, 2.75) is 36.7 Å². The molecule has 1 heterocycles. The van der Waals surface area contributed by atoms with E-state index in [4.69, 9.17) is 21.4 Å². The Bertz CT molecular complexity index is 1340. The smallest absolute Gasteiger partial charge is 0.325 e. The zero-order valence-electron chi connectivity index (χ0n) is 17.9. The molecular formula is C22H20ClF2N3O5S. The van der Waals surface area contributed by atoms with E-state index in [1.54, 1.807) is 0 Å². The van der Waals surface area contributed by atoms with Gasteiger partial charge in [-0.15, -0.1) is 0 Å². The lowest BCUT2D eigenvalue weighted by molar-refractivity contribution is -0.137. The molecule has 34 heavy (non-hydrogen) atoms. The number of carboxylic acids is 1. The van der Waals surface area contributed by atoms with E-state index < -0.39 is 39.4 Å². The normalized spacial score (nSPS) is 15.9. The van der Waals surface area contributed by atoms with Crippen molar-refractivity contribution < 1.29 is 31.8 Å². The van der Waals surface area contributed by atoms with Crippen LogP contribution in [-0.4, -0.2) is 40.6 Å². The van der Waals surface area contributed by atoms with Crippen LogP contribution >= 0.6 is 11.6 Å². The standard InChI is InChI=1S/C22H20ClF2N3O5S/c1-27(18-6-3-7-19-14(18)11-26-28(19)12-21(29)30)34(31,32)13-8-9-20(15(23)10-13)33-22-16(24)4-2-5-17(22)25/h2,4-5,8-11,18H,3,6-7,12H2,1H3,(H,29,30). The molecule has 3 aromatic rings. The van der Waals surface area contributed by atoms with Gasteiger partial charge in [0.25, 0.3) is 0 Å². The fourth-order valence-electron chi connectivity index (χ4n) is 3.99. The Morgan fingerprint density at radius 2 is 2.00 bits per heavy atom. The highest BCUT2D eigenvalue weighted by Gasteiger charge is 2.34. The largest absolute Gasteiger partial charge is 0.480 e. The second kappa shape index (κ2) is 9.32. The molecule has 180 valence electrons. The molecule has 0 fully saturated rings. The van der Waals surface area contributed by atoms with Crippen LogP contribution in [0, 0.1) is 11.6 Å². The van der Waals surface area contributed by atoms with Crippen molar-refractivity contribution in [2.75, 3.05) is 7.05 Å². The second-order valence-corrected chi connectivity index (χ2v) is 10.2. The average molecular weight is 512 g/mol. The highest BCUT2D eigenvalue weighted by molar-refractivity contribution is 7.89. The molecule has 0 radical (unpaired) electrons. The summed E-state index contributed by atoms with van der Waals surface area (Å²) < 4.78 is 62.3. The van der Waals surface area contributed by atoms with Crippen LogP contribution in [-0.2, 0) is 27.8 Å². The van der Waals surface area contributed by atoms with Gasteiger partial charge in [0.2, 0.25) is 10.0 Å². The number of para-hydroxylation sites is 1. The summed E-state index contributed by atoms with van der Waals surface area (Å²) in [6.45, 7) is -0.307. The van der Waals surface area contributed by atoms with Crippen LogP contribution in [0.2, 0.25) is 5.02 Å². The first-order chi connectivity index (χ1) is 16.1. The summed E-state index contributed by atoms with van der Waals surface area (Å²) >= 11 is 6.19. The molecule has 8 nitrogen and oxygen atoms in total. The number of ether oxygens (including phenoxy) is 1. The van der Waals surface area contributed by atoms with E-state index in [0.29, 0.717) is 30.5 Å². The second-order valence-electron chi connectivity index (χ2n) is 7.77. The van der Waals surface area contributed by atoms with Crippen molar-refractivity contribution >= 4 is 27.6 Å².